The maximum Gasteiger partial charge on any atom is 0.243 e. The molecule has 0 radical (unpaired) electrons. The summed E-state index contributed by atoms with van der Waals surface area (Å²) in [5.41, 5.74) is 7.92. The third-order valence-corrected chi connectivity index (χ3v) is 4.18. The summed E-state index contributed by atoms with van der Waals surface area (Å²) in [7, 11) is 0. The predicted octanol–water partition coefficient (Wildman–Crippen LogP) is 2.31. The number of rotatable bonds is 4. The Morgan fingerprint density at radius 2 is 2.39 bits per heavy atom. The van der Waals surface area contributed by atoms with Crippen LogP contribution in [0.5, 0.6) is 0 Å². The number of thioether (sulfide) groups is 1. The number of anilines is 1. The van der Waals surface area contributed by atoms with Gasteiger partial charge in [0.05, 0.1) is 6.04 Å². The highest BCUT2D eigenvalue weighted by Gasteiger charge is 2.28. The van der Waals surface area contributed by atoms with E-state index in [2.05, 4.69) is 0 Å². The van der Waals surface area contributed by atoms with Crippen molar-refractivity contribution in [2.45, 2.75) is 18.9 Å². The van der Waals surface area contributed by atoms with Crippen LogP contribution in [0.15, 0.2) is 18.2 Å². The topological polar surface area (TPSA) is 46.3 Å². The molecule has 0 bridgehead atoms. The molecule has 1 atom stereocenters. The molecule has 2 N–H and O–H groups in total. The van der Waals surface area contributed by atoms with E-state index in [-0.39, 0.29) is 5.91 Å². The van der Waals surface area contributed by atoms with Crippen molar-refractivity contribution in [1.82, 2.24) is 0 Å². The number of carbonyl (C=O) groups is 1. The van der Waals surface area contributed by atoms with E-state index in [9.17, 15) is 4.79 Å². The molecule has 0 saturated heterocycles. The Bertz CT molecular complexity index is 453. The molecule has 0 unspecified atom stereocenters. The number of hydrogen-bond acceptors (Lipinski definition) is 3. The van der Waals surface area contributed by atoms with Crippen molar-refractivity contribution >= 4 is 35.0 Å². The maximum atomic E-state index is 12.3. The molecule has 1 amide bonds. The Kier molecular flexibility index (Phi) is 4.54. The van der Waals surface area contributed by atoms with Crippen LogP contribution in [0.4, 0.5) is 5.69 Å². The number of benzene rings is 1. The molecule has 3 nitrogen and oxygen atoms in total. The molecule has 0 saturated carbocycles. The molecule has 18 heavy (non-hydrogen) atoms. The summed E-state index contributed by atoms with van der Waals surface area (Å²) >= 11 is 7.84. The number of hydrogen-bond donors (Lipinski definition) is 1. The fourth-order valence-corrected chi connectivity index (χ4v) is 2.94. The van der Waals surface area contributed by atoms with E-state index < -0.39 is 6.04 Å². The number of halogens is 1. The quantitative estimate of drug-likeness (QED) is 0.923. The largest absolute Gasteiger partial charge is 0.320 e. The summed E-state index contributed by atoms with van der Waals surface area (Å²) in [6.45, 7) is 0.685. The minimum Gasteiger partial charge on any atom is -0.320 e. The predicted molar refractivity (Wildman–Crippen MR) is 78.5 cm³/mol. The first-order chi connectivity index (χ1) is 8.65. The van der Waals surface area contributed by atoms with Gasteiger partial charge in [0.1, 0.15) is 0 Å². The van der Waals surface area contributed by atoms with Gasteiger partial charge in [-0.3, -0.25) is 4.79 Å². The zero-order chi connectivity index (χ0) is 13.1. The minimum atomic E-state index is -0.414. The van der Waals surface area contributed by atoms with Crippen molar-refractivity contribution in [3.05, 3.63) is 28.8 Å². The van der Waals surface area contributed by atoms with Crippen LogP contribution in [0, 0.1) is 0 Å². The highest BCUT2D eigenvalue weighted by atomic mass is 35.5. The number of fused-ring (bicyclic) bond motifs is 1. The summed E-state index contributed by atoms with van der Waals surface area (Å²) in [4.78, 5) is 14.0. The van der Waals surface area contributed by atoms with E-state index in [4.69, 9.17) is 17.3 Å². The van der Waals surface area contributed by atoms with Crippen LogP contribution >= 0.6 is 23.4 Å². The Balaban J connectivity index is 2.13. The van der Waals surface area contributed by atoms with Gasteiger partial charge in [0.15, 0.2) is 0 Å². The number of carbonyl (C=O) groups excluding carboxylic acids is 1. The fraction of sp³-hybridized carbons (Fsp3) is 0.462. The van der Waals surface area contributed by atoms with Crippen LogP contribution < -0.4 is 10.6 Å². The molecule has 5 heteroatoms. The molecular weight excluding hydrogens is 268 g/mol. The van der Waals surface area contributed by atoms with Gasteiger partial charge in [0, 0.05) is 17.3 Å². The van der Waals surface area contributed by atoms with Crippen LogP contribution in [-0.4, -0.2) is 30.5 Å². The van der Waals surface area contributed by atoms with Crippen LogP contribution in [-0.2, 0) is 11.2 Å². The van der Waals surface area contributed by atoms with Gasteiger partial charge < -0.3 is 10.6 Å². The average molecular weight is 285 g/mol. The van der Waals surface area contributed by atoms with E-state index in [0.717, 1.165) is 28.4 Å². The monoisotopic (exact) mass is 284 g/mol. The van der Waals surface area contributed by atoms with Crippen molar-refractivity contribution in [3.63, 3.8) is 0 Å². The summed E-state index contributed by atoms with van der Waals surface area (Å²) in [5, 5.41) is 0.737. The highest BCUT2D eigenvalue weighted by Crippen LogP contribution is 2.33. The van der Waals surface area contributed by atoms with Crippen molar-refractivity contribution in [2.75, 3.05) is 23.5 Å². The molecule has 0 aliphatic carbocycles. The molecular formula is C13H17ClN2OS. The molecule has 2 rings (SSSR count). The molecule has 98 valence electrons. The van der Waals surface area contributed by atoms with Crippen LogP contribution in [0.3, 0.4) is 0 Å². The molecule has 1 aromatic rings. The first kappa shape index (κ1) is 13.7. The van der Waals surface area contributed by atoms with Gasteiger partial charge in [-0.1, -0.05) is 17.7 Å². The zero-order valence-electron chi connectivity index (χ0n) is 10.4. The van der Waals surface area contributed by atoms with E-state index in [1.165, 1.54) is 0 Å². The first-order valence-electron chi connectivity index (χ1n) is 5.98. The van der Waals surface area contributed by atoms with Gasteiger partial charge in [-0.25, -0.2) is 0 Å². The second kappa shape index (κ2) is 5.95. The van der Waals surface area contributed by atoms with E-state index >= 15 is 0 Å². The SMILES string of the molecule is CSCC[C@H](N)C(=O)N1CCc2c(Cl)cccc21. The molecule has 1 heterocycles. The van der Waals surface area contributed by atoms with Gasteiger partial charge >= 0.3 is 0 Å². The average Bonchev–Trinajstić information content (AvgIpc) is 2.80. The van der Waals surface area contributed by atoms with Gasteiger partial charge in [0.25, 0.3) is 0 Å². The first-order valence-corrected chi connectivity index (χ1v) is 7.75. The zero-order valence-corrected chi connectivity index (χ0v) is 11.9. The highest BCUT2D eigenvalue weighted by molar-refractivity contribution is 7.98. The van der Waals surface area contributed by atoms with Crippen molar-refractivity contribution in [3.8, 4) is 0 Å². The van der Waals surface area contributed by atoms with Gasteiger partial charge in [-0.05, 0) is 42.5 Å². The van der Waals surface area contributed by atoms with Crippen molar-refractivity contribution < 1.29 is 4.79 Å². The van der Waals surface area contributed by atoms with Crippen LogP contribution in [0.2, 0.25) is 5.02 Å². The Labute approximate surface area is 117 Å². The van der Waals surface area contributed by atoms with Gasteiger partial charge in [0.2, 0.25) is 5.91 Å². The Morgan fingerprint density at radius 1 is 1.61 bits per heavy atom. The molecule has 0 aromatic heterocycles. The summed E-state index contributed by atoms with van der Waals surface area (Å²) in [6.07, 6.45) is 3.55. The van der Waals surface area contributed by atoms with Crippen LogP contribution in [0.25, 0.3) is 0 Å². The lowest BCUT2D eigenvalue weighted by atomic mass is 10.1. The lowest BCUT2D eigenvalue weighted by Crippen LogP contribution is -2.43. The van der Waals surface area contributed by atoms with Crippen molar-refractivity contribution in [1.29, 1.82) is 0 Å². The minimum absolute atomic E-state index is 0.00469. The molecule has 1 aromatic carbocycles. The molecule has 1 aliphatic heterocycles. The maximum absolute atomic E-state index is 12.3. The molecule has 0 fully saturated rings. The van der Waals surface area contributed by atoms with Crippen molar-refractivity contribution in [2.24, 2.45) is 5.73 Å². The number of amides is 1. The van der Waals surface area contributed by atoms with E-state index in [1.54, 1.807) is 16.7 Å². The van der Waals surface area contributed by atoms with Crippen LogP contribution in [0.1, 0.15) is 12.0 Å². The van der Waals surface area contributed by atoms with Gasteiger partial charge in [-0.2, -0.15) is 11.8 Å². The third kappa shape index (κ3) is 2.66. The summed E-state index contributed by atoms with van der Waals surface area (Å²) in [5.74, 6) is 0.911. The fourth-order valence-electron chi connectivity index (χ4n) is 2.19. The lowest BCUT2D eigenvalue weighted by molar-refractivity contribution is -0.119. The third-order valence-electron chi connectivity index (χ3n) is 3.19. The lowest BCUT2D eigenvalue weighted by Gasteiger charge is -2.21. The molecule has 0 spiro atoms. The van der Waals surface area contributed by atoms with E-state index in [0.29, 0.717) is 13.0 Å². The second-order valence-corrected chi connectivity index (χ2v) is 5.76. The summed E-state index contributed by atoms with van der Waals surface area (Å²) < 4.78 is 0. The van der Waals surface area contributed by atoms with E-state index in [1.807, 2.05) is 24.5 Å². The number of nitrogens with zero attached hydrogens (tertiary/aromatic N) is 1. The molecule has 1 aliphatic rings. The number of nitrogens with two attached hydrogens (primary N) is 1. The Hall–Kier alpha value is -0.710. The standard InChI is InChI=1S/C13H17ClN2OS/c1-18-8-6-11(15)13(17)16-7-5-9-10(14)3-2-4-12(9)16/h2-4,11H,5-8,15H2,1H3/t11-/m0/s1. The van der Waals surface area contributed by atoms with Gasteiger partial charge in [-0.15, -0.1) is 0 Å². The summed E-state index contributed by atoms with van der Waals surface area (Å²) in [6, 6.07) is 5.26. The smallest absolute Gasteiger partial charge is 0.243 e. The second-order valence-electron chi connectivity index (χ2n) is 4.37. The Morgan fingerprint density at radius 3 is 3.11 bits per heavy atom. The normalized spacial score (nSPS) is 15.6.